The lowest BCUT2D eigenvalue weighted by molar-refractivity contribution is 1.71. The van der Waals surface area contributed by atoms with Crippen LogP contribution in [0.1, 0.15) is 0 Å². The summed E-state index contributed by atoms with van der Waals surface area (Å²) in [6.07, 6.45) is 0. The average Bonchev–Trinajstić information content (AvgIpc) is 3.35. The van der Waals surface area contributed by atoms with E-state index in [4.69, 9.17) is 0 Å². The van der Waals surface area contributed by atoms with Crippen LogP contribution in [0.3, 0.4) is 0 Å². The van der Waals surface area contributed by atoms with E-state index in [9.17, 15) is 0 Å². The second-order valence-electron chi connectivity index (χ2n) is 9.29. The molecule has 2 aliphatic heterocycles. The molecule has 0 saturated heterocycles. The Morgan fingerprint density at radius 2 is 0.848 bits per heavy atom. The molecule has 2 heterocycles. The molecule has 6 aromatic carbocycles. The van der Waals surface area contributed by atoms with Crippen molar-refractivity contribution in [3.05, 3.63) is 121 Å². The van der Waals surface area contributed by atoms with Crippen LogP contribution >= 0.6 is 0 Å². The molecule has 6 aromatic rings. The first-order chi connectivity index (χ1) is 16.4. The van der Waals surface area contributed by atoms with Gasteiger partial charge in [0.15, 0.2) is 8.07 Å². The minimum absolute atomic E-state index is 1.31. The summed E-state index contributed by atoms with van der Waals surface area (Å²) in [6, 6.07) is 45.9. The van der Waals surface area contributed by atoms with Gasteiger partial charge in [-0.1, -0.05) is 115 Å². The lowest BCUT2D eigenvalue weighted by Crippen LogP contribution is -2.70. The molecule has 152 valence electrons. The number of hydrogen-bond acceptors (Lipinski definition) is 0. The Labute approximate surface area is 193 Å². The van der Waals surface area contributed by atoms with Gasteiger partial charge in [0, 0.05) is 0 Å². The molecule has 0 radical (unpaired) electrons. The monoisotopic (exact) mass is 432 g/mol. The molecule has 1 spiro atoms. The second kappa shape index (κ2) is 6.09. The van der Waals surface area contributed by atoms with Crippen LogP contribution in [0.2, 0.25) is 0 Å². The van der Waals surface area contributed by atoms with Crippen LogP contribution in [0, 0.1) is 0 Å². The van der Waals surface area contributed by atoms with E-state index < -0.39 is 8.07 Å². The molecule has 0 fully saturated rings. The van der Waals surface area contributed by atoms with Crippen molar-refractivity contribution in [1.82, 2.24) is 0 Å². The van der Waals surface area contributed by atoms with Crippen molar-refractivity contribution in [2.24, 2.45) is 0 Å². The summed E-state index contributed by atoms with van der Waals surface area (Å²) in [5.74, 6) is 0. The fourth-order valence-electron chi connectivity index (χ4n) is 6.59. The van der Waals surface area contributed by atoms with E-state index in [1.165, 1.54) is 59.4 Å². The molecular formula is C32H20Si. The minimum Gasteiger partial charge on any atom is -0.0623 e. The first-order valence-corrected chi connectivity index (χ1v) is 13.6. The van der Waals surface area contributed by atoms with Crippen molar-refractivity contribution in [3.8, 4) is 22.3 Å². The molecule has 0 aromatic heterocycles. The molecule has 0 aliphatic carbocycles. The molecule has 33 heavy (non-hydrogen) atoms. The summed E-state index contributed by atoms with van der Waals surface area (Å²) in [6.45, 7) is 0. The van der Waals surface area contributed by atoms with Gasteiger partial charge in [-0.2, -0.15) is 0 Å². The van der Waals surface area contributed by atoms with Gasteiger partial charge in [-0.15, -0.1) is 0 Å². The smallest absolute Gasteiger partial charge is 0.0623 e. The zero-order chi connectivity index (χ0) is 21.6. The SMILES string of the molecule is c1ccc2c(c1)-c1ccccc1[Si]21c2ccccc2-c2cc3c(ccc4ccccc43)cc21. The van der Waals surface area contributed by atoms with Crippen molar-refractivity contribution in [2.45, 2.75) is 0 Å². The Morgan fingerprint density at radius 1 is 0.333 bits per heavy atom. The van der Waals surface area contributed by atoms with Gasteiger partial charge in [0.25, 0.3) is 0 Å². The van der Waals surface area contributed by atoms with E-state index in [1.807, 2.05) is 0 Å². The minimum atomic E-state index is -2.34. The molecule has 0 nitrogen and oxygen atoms in total. The normalized spacial score (nSPS) is 14.3. The van der Waals surface area contributed by atoms with Crippen molar-refractivity contribution in [2.75, 3.05) is 0 Å². The van der Waals surface area contributed by atoms with Gasteiger partial charge in [-0.3, -0.25) is 0 Å². The Hall–Kier alpha value is -3.94. The first-order valence-electron chi connectivity index (χ1n) is 11.6. The third kappa shape index (κ3) is 2.02. The molecule has 0 N–H and O–H groups in total. The van der Waals surface area contributed by atoms with Crippen LogP contribution in [0.4, 0.5) is 0 Å². The topological polar surface area (TPSA) is 0 Å². The Morgan fingerprint density at radius 3 is 1.52 bits per heavy atom. The van der Waals surface area contributed by atoms with Crippen molar-refractivity contribution in [3.63, 3.8) is 0 Å². The zero-order valence-corrected chi connectivity index (χ0v) is 19.0. The highest BCUT2D eigenvalue weighted by atomic mass is 28.3. The number of fused-ring (bicyclic) bond motifs is 13. The van der Waals surface area contributed by atoms with Gasteiger partial charge < -0.3 is 0 Å². The highest BCUT2D eigenvalue weighted by Gasteiger charge is 2.53. The Bertz CT molecular complexity index is 1730. The van der Waals surface area contributed by atoms with Crippen LogP contribution in [0.5, 0.6) is 0 Å². The first kappa shape index (κ1) is 17.6. The summed E-state index contributed by atoms with van der Waals surface area (Å²) in [5.41, 5.74) is 5.68. The maximum absolute atomic E-state index is 2.53. The fourth-order valence-corrected chi connectivity index (χ4v) is 12.2. The third-order valence-electron chi connectivity index (χ3n) is 7.86. The van der Waals surface area contributed by atoms with Crippen LogP contribution in [0.15, 0.2) is 121 Å². The lowest BCUT2D eigenvalue weighted by Gasteiger charge is -2.28. The summed E-state index contributed by atoms with van der Waals surface area (Å²) >= 11 is 0. The summed E-state index contributed by atoms with van der Waals surface area (Å²) < 4.78 is 0. The van der Waals surface area contributed by atoms with Gasteiger partial charge in [0.05, 0.1) is 0 Å². The molecule has 0 amide bonds. The highest BCUT2D eigenvalue weighted by Crippen LogP contribution is 2.38. The standard InChI is InChI=1S/C32H20Si/c1-2-10-23-21(9-1)17-18-22-19-32-28(20-27(22)23)26-13-5-8-16-31(26)33(32)29-14-6-3-11-24(29)25-12-4-7-15-30(25)33/h1-20H. The summed E-state index contributed by atoms with van der Waals surface area (Å²) in [4.78, 5) is 0. The summed E-state index contributed by atoms with van der Waals surface area (Å²) in [5, 5.41) is 11.5. The maximum atomic E-state index is 2.53. The third-order valence-corrected chi connectivity index (χ3v) is 12.8. The van der Waals surface area contributed by atoms with Crippen LogP contribution < -0.4 is 20.7 Å². The van der Waals surface area contributed by atoms with Gasteiger partial charge in [0.2, 0.25) is 0 Å². The Balaban J connectivity index is 1.60. The lowest BCUT2D eigenvalue weighted by atomic mass is 9.97. The number of hydrogen-bond donors (Lipinski definition) is 0. The van der Waals surface area contributed by atoms with E-state index >= 15 is 0 Å². The molecule has 0 bridgehead atoms. The average molecular weight is 433 g/mol. The quantitative estimate of drug-likeness (QED) is 0.224. The van der Waals surface area contributed by atoms with Gasteiger partial charge >= 0.3 is 0 Å². The van der Waals surface area contributed by atoms with E-state index in [0.717, 1.165) is 0 Å². The summed E-state index contributed by atoms with van der Waals surface area (Å²) in [7, 11) is -2.34. The van der Waals surface area contributed by atoms with Gasteiger partial charge in [-0.05, 0) is 70.6 Å². The van der Waals surface area contributed by atoms with E-state index in [1.54, 1.807) is 5.19 Å². The molecular weight excluding hydrogens is 412 g/mol. The van der Waals surface area contributed by atoms with Crippen LogP contribution in [-0.4, -0.2) is 8.07 Å². The molecule has 8 rings (SSSR count). The molecule has 2 aliphatic rings. The van der Waals surface area contributed by atoms with E-state index in [2.05, 4.69) is 121 Å². The van der Waals surface area contributed by atoms with Crippen molar-refractivity contribution in [1.29, 1.82) is 0 Å². The van der Waals surface area contributed by atoms with E-state index in [0.29, 0.717) is 0 Å². The van der Waals surface area contributed by atoms with Crippen molar-refractivity contribution < 1.29 is 0 Å². The Kier molecular flexibility index (Phi) is 3.25. The highest BCUT2D eigenvalue weighted by molar-refractivity contribution is 7.24. The number of rotatable bonds is 0. The zero-order valence-electron chi connectivity index (χ0n) is 18.0. The molecule has 1 heteroatoms. The fraction of sp³-hybridized carbons (Fsp3) is 0. The van der Waals surface area contributed by atoms with Gasteiger partial charge in [-0.25, -0.2) is 0 Å². The molecule has 0 unspecified atom stereocenters. The van der Waals surface area contributed by atoms with Gasteiger partial charge in [0.1, 0.15) is 0 Å². The van der Waals surface area contributed by atoms with Crippen molar-refractivity contribution >= 4 is 50.4 Å². The molecule has 0 saturated carbocycles. The van der Waals surface area contributed by atoms with Crippen LogP contribution in [0.25, 0.3) is 43.8 Å². The largest absolute Gasteiger partial charge is 0.182 e. The second-order valence-corrected chi connectivity index (χ2v) is 12.9. The van der Waals surface area contributed by atoms with Crippen LogP contribution in [-0.2, 0) is 0 Å². The number of benzene rings is 6. The predicted octanol–water partition coefficient (Wildman–Crippen LogP) is 5.33. The molecule has 0 atom stereocenters. The predicted molar refractivity (Wildman–Crippen MR) is 143 cm³/mol. The van der Waals surface area contributed by atoms with E-state index in [-0.39, 0.29) is 0 Å². The maximum Gasteiger partial charge on any atom is 0.182 e.